The molecule has 0 aliphatic carbocycles. The van der Waals surface area contributed by atoms with E-state index in [0.717, 1.165) is 35.5 Å². The molecule has 6 nitrogen and oxygen atoms in total. The maximum absolute atomic E-state index is 13.2. The number of ketones is 1. The lowest BCUT2D eigenvalue weighted by molar-refractivity contribution is -0.140. The second-order valence-electron chi connectivity index (χ2n) is 9.08. The molecule has 1 saturated heterocycles. The maximum atomic E-state index is 13.2. The number of carbonyl (C=O) groups is 2. The van der Waals surface area contributed by atoms with Crippen molar-refractivity contribution in [3.8, 4) is 5.75 Å². The van der Waals surface area contributed by atoms with Crippen LogP contribution in [0.4, 0.5) is 0 Å². The zero-order chi connectivity index (χ0) is 25.0. The van der Waals surface area contributed by atoms with Crippen LogP contribution in [0.2, 0.25) is 0 Å². The Morgan fingerprint density at radius 3 is 2.26 bits per heavy atom. The highest BCUT2D eigenvalue weighted by atomic mass is 16.5. The van der Waals surface area contributed by atoms with Crippen molar-refractivity contribution in [1.82, 2.24) is 9.80 Å². The molecule has 1 heterocycles. The predicted octanol–water partition coefficient (Wildman–Crippen LogP) is 4.85. The first-order valence-electron chi connectivity index (χ1n) is 12.0. The van der Waals surface area contributed by atoms with E-state index in [2.05, 4.69) is 18.7 Å². The molecular weight excluding hydrogens is 428 g/mol. The molecular formula is C28H36N2O4. The lowest BCUT2D eigenvalue weighted by Gasteiger charge is -2.28. The summed E-state index contributed by atoms with van der Waals surface area (Å²) >= 11 is 0. The summed E-state index contributed by atoms with van der Waals surface area (Å²) in [6.45, 7) is 14.7. The average molecular weight is 465 g/mol. The molecule has 2 aromatic rings. The van der Waals surface area contributed by atoms with E-state index in [4.69, 9.17) is 4.74 Å². The van der Waals surface area contributed by atoms with Crippen molar-refractivity contribution >= 4 is 17.4 Å². The largest absolute Gasteiger partial charge is 0.507 e. The van der Waals surface area contributed by atoms with Crippen molar-refractivity contribution in [1.29, 1.82) is 0 Å². The molecule has 0 radical (unpaired) electrons. The van der Waals surface area contributed by atoms with Gasteiger partial charge in [-0.15, -0.1) is 0 Å². The molecule has 0 saturated carbocycles. The van der Waals surface area contributed by atoms with Crippen LogP contribution in [0.1, 0.15) is 56.0 Å². The average Bonchev–Trinajstić information content (AvgIpc) is 3.05. The van der Waals surface area contributed by atoms with Gasteiger partial charge in [-0.05, 0) is 70.1 Å². The number of hydrogen-bond donors (Lipinski definition) is 1. The minimum absolute atomic E-state index is 0.0239. The summed E-state index contributed by atoms with van der Waals surface area (Å²) < 4.78 is 5.81. The van der Waals surface area contributed by atoms with Crippen molar-refractivity contribution in [3.63, 3.8) is 0 Å². The molecule has 1 atom stereocenters. The van der Waals surface area contributed by atoms with Crippen LogP contribution in [0.15, 0.2) is 48.0 Å². The Morgan fingerprint density at radius 2 is 1.71 bits per heavy atom. The molecule has 0 bridgehead atoms. The van der Waals surface area contributed by atoms with Crippen LogP contribution >= 0.6 is 0 Å². The number of benzene rings is 2. The highest BCUT2D eigenvalue weighted by molar-refractivity contribution is 6.46. The molecule has 0 unspecified atom stereocenters. The molecule has 1 aliphatic rings. The van der Waals surface area contributed by atoms with Crippen LogP contribution < -0.4 is 4.74 Å². The number of ether oxygens (including phenoxy) is 1. The quantitative estimate of drug-likeness (QED) is 0.326. The number of likely N-dealkylation sites (tertiary alicyclic amines) is 1. The monoisotopic (exact) mass is 464 g/mol. The molecule has 1 amide bonds. The third-order valence-electron chi connectivity index (χ3n) is 6.30. The molecule has 34 heavy (non-hydrogen) atoms. The van der Waals surface area contributed by atoms with Gasteiger partial charge in [0.25, 0.3) is 11.7 Å². The first-order valence-corrected chi connectivity index (χ1v) is 12.0. The van der Waals surface area contributed by atoms with E-state index >= 15 is 0 Å². The highest BCUT2D eigenvalue weighted by Gasteiger charge is 2.45. The van der Waals surface area contributed by atoms with Gasteiger partial charge in [-0.2, -0.15) is 0 Å². The molecule has 0 spiro atoms. The van der Waals surface area contributed by atoms with Crippen molar-refractivity contribution in [2.24, 2.45) is 0 Å². The summed E-state index contributed by atoms with van der Waals surface area (Å²) in [4.78, 5) is 30.1. The molecule has 1 fully saturated rings. The van der Waals surface area contributed by atoms with Gasteiger partial charge in [0.2, 0.25) is 0 Å². The van der Waals surface area contributed by atoms with Crippen LogP contribution in [0.25, 0.3) is 5.76 Å². The summed E-state index contributed by atoms with van der Waals surface area (Å²) in [7, 11) is 0. The SMILES string of the molecule is CCN(CC)CCN1C(=O)C(=O)C(=C(O)c2ccc(OC(C)C)c(C)c2)[C@@H]1c1ccc(C)cc1. The van der Waals surface area contributed by atoms with E-state index in [1.54, 1.807) is 23.1 Å². The number of amides is 1. The normalized spacial score (nSPS) is 17.8. The van der Waals surface area contributed by atoms with E-state index in [9.17, 15) is 14.7 Å². The number of aliphatic hydroxyl groups excluding tert-OH is 1. The highest BCUT2D eigenvalue weighted by Crippen LogP contribution is 2.39. The minimum atomic E-state index is -0.650. The molecule has 6 heteroatoms. The summed E-state index contributed by atoms with van der Waals surface area (Å²) in [5.41, 5.74) is 3.36. The Morgan fingerprint density at radius 1 is 1.06 bits per heavy atom. The Hall–Kier alpha value is -3.12. The third kappa shape index (κ3) is 5.33. The zero-order valence-corrected chi connectivity index (χ0v) is 21.1. The van der Waals surface area contributed by atoms with Gasteiger partial charge in [-0.3, -0.25) is 9.59 Å². The van der Waals surface area contributed by atoms with Gasteiger partial charge in [-0.1, -0.05) is 43.7 Å². The molecule has 1 aliphatic heterocycles. The van der Waals surface area contributed by atoms with Crippen LogP contribution in [-0.2, 0) is 9.59 Å². The number of rotatable bonds is 9. The first-order chi connectivity index (χ1) is 16.2. The van der Waals surface area contributed by atoms with Crippen LogP contribution in [0.5, 0.6) is 5.75 Å². The number of carbonyl (C=O) groups excluding carboxylic acids is 2. The lowest BCUT2D eigenvalue weighted by Crippen LogP contribution is -2.38. The van der Waals surface area contributed by atoms with Gasteiger partial charge in [-0.25, -0.2) is 0 Å². The molecule has 2 aromatic carbocycles. The molecule has 3 rings (SSSR count). The summed E-state index contributed by atoms with van der Waals surface area (Å²) in [5.74, 6) is -0.659. The minimum Gasteiger partial charge on any atom is -0.507 e. The van der Waals surface area contributed by atoms with Gasteiger partial charge >= 0.3 is 0 Å². The van der Waals surface area contributed by atoms with Gasteiger partial charge in [0.15, 0.2) is 0 Å². The number of nitrogens with zero attached hydrogens (tertiary/aromatic N) is 2. The second kappa shape index (κ2) is 10.9. The van der Waals surface area contributed by atoms with Gasteiger partial charge in [0, 0.05) is 18.7 Å². The van der Waals surface area contributed by atoms with Crippen LogP contribution in [0, 0.1) is 13.8 Å². The Kier molecular flexibility index (Phi) is 8.15. The van der Waals surface area contributed by atoms with E-state index in [0.29, 0.717) is 18.7 Å². The van der Waals surface area contributed by atoms with Crippen molar-refractivity contribution in [2.75, 3.05) is 26.2 Å². The van der Waals surface area contributed by atoms with Gasteiger partial charge in [0.1, 0.15) is 11.5 Å². The number of Topliss-reactive ketones (excluding diaryl/α,β-unsaturated/α-hetero) is 1. The Balaban J connectivity index is 2.08. The van der Waals surface area contributed by atoms with E-state index in [-0.39, 0.29) is 17.4 Å². The molecule has 0 aromatic heterocycles. The smallest absolute Gasteiger partial charge is 0.295 e. The zero-order valence-electron chi connectivity index (χ0n) is 21.1. The standard InChI is InChI=1S/C28H36N2O4/c1-7-29(8-2)15-16-30-25(21-11-9-19(5)10-12-21)24(27(32)28(30)33)26(31)22-13-14-23(20(6)17-22)34-18(3)4/h9-14,17-18,25,31H,7-8,15-16H2,1-6H3/t25-/m0/s1. The third-order valence-corrected chi connectivity index (χ3v) is 6.30. The number of likely N-dealkylation sites (N-methyl/N-ethyl adjacent to an activating group) is 1. The molecule has 1 N–H and O–H groups in total. The lowest BCUT2D eigenvalue weighted by atomic mass is 9.94. The van der Waals surface area contributed by atoms with Crippen LogP contribution in [-0.4, -0.2) is 58.9 Å². The van der Waals surface area contributed by atoms with Crippen molar-refractivity contribution in [3.05, 3.63) is 70.3 Å². The van der Waals surface area contributed by atoms with Crippen LogP contribution in [0.3, 0.4) is 0 Å². The van der Waals surface area contributed by atoms with Crippen molar-refractivity contribution < 1.29 is 19.4 Å². The molecule has 182 valence electrons. The Labute approximate surface area is 202 Å². The summed E-state index contributed by atoms with van der Waals surface area (Å²) in [6, 6.07) is 12.5. The van der Waals surface area contributed by atoms with E-state index in [1.807, 2.05) is 52.0 Å². The number of aliphatic hydroxyl groups is 1. The summed E-state index contributed by atoms with van der Waals surface area (Å²) in [6.07, 6.45) is 0.0239. The Bertz CT molecular complexity index is 1070. The fourth-order valence-electron chi connectivity index (χ4n) is 4.33. The number of hydrogen-bond acceptors (Lipinski definition) is 5. The second-order valence-corrected chi connectivity index (χ2v) is 9.08. The van der Waals surface area contributed by atoms with E-state index in [1.165, 1.54) is 0 Å². The fraction of sp³-hybridized carbons (Fsp3) is 0.429. The van der Waals surface area contributed by atoms with Gasteiger partial charge < -0.3 is 19.6 Å². The fourth-order valence-corrected chi connectivity index (χ4v) is 4.33. The maximum Gasteiger partial charge on any atom is 0.295 e. The number of aryl methyl sites for hydroxylation is 2. The topological polar surface area (TPSA) is 70.1 Å². The summed E-state index contributed by atoms with van der Waals surface area (Å²) in [5, 5.41) is 11.3. The first kappa shape index (κ1) is 25.5. The van der Waals surface area contributed by atoms with E-state index < -0.39 is 17.7 Å². The van der Waals surface area contributed by atoms with Crippen molar-refractivity contribution in [2.45, 2.75) is 53.7 Å². The van der Waals surface area contributed by atoms with Gasteiger partial charge in [0.05, 0.1) is 17.7 Å². The predicted molar refractivity (Wildman–Crippen MR) is 135 cm³/mol.